The van der Waals surface area contributed by atoms with Crippen molar-refractivity contribution in [2.75, 3.05) is 26.4 Å². The fourth-order valence-corrected chi connectivity index (χ4v) is 2.92. The number of carbonyl (C=O) groups excluding carboxylic acids is 1. The summed E-state index contributed by atoms with van der Waals surface area (Å²) in [4.78, 5) is 17.3. The first-order chi connectivity index (χ1) is 9.31. The summed E-state index contributed by atoms with van der Waals surface area (Å²) in [5.74, 6) is 0.300. The van der Waals surface area contributed by atoms with E-state index in [0.717, 1.165) is 0 Å². The van der Waals surface area contributed by atoms with E-state index in [1.165, 1.54) is 0 Å². The summed E-state index contributed by atoms with van der Waals surface area (Å²) < 4.78 is 11.3. The average Bonchev–Trinajstić information content (AvgIpc) is 3.12. The number of ether oxygens (including phenoxy) is 2. The highest BCUT2D eigenvalue weighted by Gasteiger charge is 2.48. The smallest absolute Gasteiger partial charge is 0.270 e. The van der Waals surface area contributed by atoms with Gasteiger partial charge in [0.1, 0.15) is 5.69 Å². The van der Waals surface area contributed by atoms with Crippen LogP contribution in [0.15, 0.2) is 31.0 Å². The van der Waals surface area contributed by atoms with Gasteiger partial charge in [0.25, 0.3) is 5.91 Å². The Morgan fingerprint density at radius 1 is 1.63 bits per heavy atom. The zero-order chi connectivity index (χ0) is 13.2. The van der Waals surface area contributed by atoms with Crippen molar-refractivity contribution in [2.45, 2.75) is 12.1 Å². The molecule has 0 aromatic carbocycles. The molecule has 5 nitrogen and oxygen atoms in total. The van der Waals surface area contributed by atoms with Gasteiger partial charge in [0.05, 0.1) is 32.0 Å². The summed E-state index contributed by atoms with van der Waals surface area (Å²) in [6.45, 7) is 6.07. The van der Waals surface area contributed by atoms with Crippen LogP contribution in [0.4, 0.5) is 0 Å². The van der Waals surface area contributed by atoms with E-state index in [1.807, 2.05) is 11.0 Å². The Labute approximate surface area is 112 Å². The number of likely N-dealkylation sites (tertiary alicyclic amines) is 1. The highest BCUT2D eigenvalue weighted by Crippen LogP contribution is 2.32. The molecule has 2 aliphatic heterocycles. The number of fused-ring (bicyclic) bond motifs is 1. The summed E-state index contributed by atoms with van der Waals surface area (Å²) in [6.07, 6.45) is 3.54. The van der Waals surface area contributed by atoms with Gasteiger partial charge in [-0.05, 0) is 12.1 Å². The summed E-state index contributed by atoms with van der Waals surface area (Å²) in [5, 5.41) is 0. The predicted molar refractivity (Wildman–Crippen MR) is 69.9 cm³/mol. The van der Waals surface area contributed by atoms with Crippen molar-refractivity contribution >= 4 is 5.91 Å². The van der Waals surface area contributed by atoms with Gasteiger partial charge in [0.15, 0.2) is 0 Å². The van der Waals surface area contributed by atoms with Gasteiger partial charge in [-0.1, -0.05) is 6.08 Å². The molecule has 0 aliphatic carbocycles. The Morgan fingerprint density at radius 2 is 2.53 bits per heavy atom. The summed E-state index contributed by atoms with van der Waals surface area (Å²) in [5.41, 5.74) is 0.620. The van der Waals surface area contributed by atoms with E-state index in [-0.39, 0.29) is 24.0 Å². The SMILES string of the molecule is C=CCO[C@H]1CN(C(=O)c2ccc[nH]2)[C@@H]2COC[C@H]12. The van der Waals surface area contributed by atoms with Crippen molar-refractivity contribution in [3.05, 3.63) is 36.7 Å². The molecule has 1 aromatic heterocycles. The molecule has 2 saturated heterocycles. The molecule has 102 valence electrons. The molecule has 2 aliphatic rings. The quantitative estimate of drug-likeness (QED) is 0.825. The molecule has 1 aromatic rings. The van der Waals surface area contributed by atoms with Crippen LogP contribution in [-0.2, 0) is 9.47 Å². The van der Waals surface area contributed by atoms with Crippen molar-refractivity contribution in [1.29, 1.82) is 0 Å². The number of amides is 1. The van der Waals surface area contributed by atoms with Crippen LogP contribution in [0, 0.1) is 5.92 Å². The molecule has 3 heterocycles. The summed E-state index contributed by atoms with van der Waals surface area (Å²) in [7, 11) is 0. The lowest BCUT2D eigenvalue weighted by Gasteiger charge is -2.21. The zero-order valence-electron chi connectivity index (χ0n) is 10.7. The third kappa shape index (κ3) is 2.19. The Kier molecular flexibility index (Phi) is 3.40. The number of nitrogens with one attached hydrogen (secondary N) is 1. The second-order valence-corrected chi connectivity index (χ2v) is 4.97. The van der Waals surface area contributed by atoms with Crippen LogP contribution >= 0.6 is 0 Å². The van der Waals surface area contributed by atoms with Crippen molar-refractivity contribution in [3.8, 4) is 0 Å². The van der Waals surface area contributed by atoms with Crippen molar-refractivity contribution < 1.29 is 14.3 Å². The van der Waals surface area contributed by atoms with Gasteiger partial charge in [-0.25, -0.2) is 0 Å². The lowest BCUT2D eigenvalue weighted by molar-refractivity contribution is 0.0329. The van der Waals surface area contributed by atoms with Crippen molar-refractivity contribution in [2.24, 2.45) is 5.92 Å². The number of nitrogens with zero attached hydrogens (tertiary/aromatic N) is 1. The molecule has 0 radical (unpaired) electrons. The van der Waals surface area contributed by atoms with E-state index in [1.54, 1.807) is 18.3 Å². The van der Waals surface area contributed by atoms with E-state index in [2.05, 4.69) is 11.6 Å². The first kappa shape index (κ1) is 12.4. The third-order valence-corrected chi connectivity index (χ3v) is 3.87. The molecule has 0 saturated carbocycles. The minimum atomic E-state index is 0.0233. The Balaban J connectivity index is 1.75. The third-order valence-electron chi connectivity index (χ3n) is 3.87. The summed E-state index contributed by atoms with van der Waals surface area (Å²) in [6, 6.07) is 3.76. The largest absolute Gasteiger partial charge is 0.379 e. The van der Waals surface area contributed by atoms with Gasteiger partial charge in [-0.2, -0.15) is 0 Å². The molecule has 1 amide bonds. The molecule has 0 spiro atoms. The summed E-state index contributed by atoms with van der Waals surface area (Å²) >= 11 is 0. The van der Waals surface area contributed by atoms with Gasteiger partial charge >= 0.3 is 0 Å². The number of aromatic nitrogens is 1. The minimum Gasteiger partial charge on any atom is -0.379 e. The maximum Gasteiger partial charge on any atom is 0.270 e. The van der Waals surface area contributed by atoms with E-state index >= 15 is 0 Å². The van der Waals surface area contributed by atoms with Gasteiger partial charge < -0.3 is 19.4 Å². The molecular weight excluding hydrogens is 244 g/mol. The first-order valence-electron chi connectivity index (χ1n) is 6.56. The van der Waals surface area contributed by atoms with Crippen LogP contribution in [0.5, 0.6) is 0 Å². The molecule has 2 fully saturated rings. The Morgan fingerprint density at radius 3 is 3.26 bits per heavy atom. The van der Waals surface area contributed by atoms with Crippen LogP contribution in [-0.4, -0.2) is 54.3 Å². The lowest BCUT2D eigenvalue weighted by Crippen LogP contribution is -2.38. The fourth-order valence-electron chi connectivity index (χ4n) is 2.92. The lowest BCUT2D eigenvalue weighted by atomic mass is 10.0. The van der Waals surface area contributed by atoms with Crippen molar-refractivity contribution in [3.63, 3.8) is 0 Å². The molecule has 0 unspecified atom stereocenters. The molecule has 19 heavy (non-hydrogen) atoms. The van der Waals surface area contributed by atoms with Crippen molar-refractivity contribution in [1.82, 2.24) is 9.88 Å². The average molecular weight is 262 g/mol. The van der Waals surface area contributed by atoms with E-state index < -0.39 is 0 Å². The van der Waals surface area contributed by atoms with Crippen LogP contribution in [0.3, 0.4) is 0 Å². The zero-order valence-corrected chi connectivity index (χ0v) is 10.7. The fraction of sp³-hybridized carbons (Fsp3) is 0.500. The molecule has 3 atom stereocenters. The highest BCUT2D eigenvalue weighted by atomic mass is 16.5. The van der Waals surface area contributed by atoms with Gasteiger partial charge in [0, 0.05) is 18.7 Å². The van der Waals surface area contributed by atoms with Crippen LogP contribution in [0.2, 0.25) is 0 Å². The molecule has 0 bridgehead atoms. The van der Waals surface area contributed by atoms with E-state index in [0.29, 0.717) is 32.1 Å². The number of H-pyrrole nitrogens is 1. The standard InChI is InChI=1S/C14H18N2O3/c1-2-6-19-13-7-16(12-9-18-8-10(12)13)14(17)11-4-3-5-15-11/h2-5,10,12-13,15H,1,6-9H2/t10-,12+,13-/m0/s1. The highest BCUT2D eigenvalue weighted by molar-refractivity contribution is 5.93. The van der Waals surface area contributed by atoms with Gasteiger partial charge in [0.2, 0.25) is 0 Å². The molecular formula is C14H18N2O3. The van der Waals surface area contributed by atoms with Crippen LogP contribution in [0.25, 0.3) is 0 Å². The maximum absolute atomic E-state index is 12.4. The van der Waals surface area contributed by atoms with E-state index in [4.69, 9.17) is 9.47 Å². The van der Waals surface area contributed by atoms with Crippen LogP contribution < -0.4 is 0 Å². The number of hydrogen-bond donors (Lipinski definition) is 1. The first-order valence-corrected chi connectivity index (χ1v) is 6.56. The normalized spacial score (nSPS) is 29.5. The number of rotatable bonds is 4. The molecule has 3 rings (SSSR count). The van der Waals surface area contributed by atoms with Crippen LogP contribution in [0.1, 0.15) is 10.5 Å². The minimum absolute atomic E-state index is 0.0233. The van der Waals surface area contributed by atoms with Gasteiger partial charge in [-0.15, -0.1) is 6.58 Å². The topological polar surface area (TPSA) is 54.6 Å². The Hall–Kier alpha value is -1.59. The maximum atomic E-state index is 12.4. The number of carbonyl (C=O) groups is 1. The number of aromatic amines is 1. The second-order valence-electron chi connectivity index (χ2n) is 4.97. The molecule has 1 N–H and O–H groups in total. The predicted octanol–water partition coefficient (Wildman–Crippen LogP) is 1.06. The Bertz CT molecular complexity index is 457. The number of hydrogen-bond acceptors (Lipinski definition) is 3. The molecule has 5 heteroatoms. The monoisotopic (exact) mass is 262 g/mol. The second kappa shape index (κ2) is 5.19. The van der Waals surface area contributed by atoms with Gasteiger partial charge in [-0.3, -0.25) is 4.79 Å². The van der Waals surface area contributed by atoms with E-state index in [9.17, 15) is 4.79 Å².